The van der Waals surface area contributed by atoms with Gasteiger partial charge in [-0.1, -0.05) is 0 Å². The largest absolute Gasteiger partial charge is 0.478 e. The molecule has 1 N–H and O–H groups in total. The van der Waals surface area contributed by atoms with Crippen molar-refractivity contribution in [2.75, 3.05) is 26.4 Å². The van der Waals surface area contributed by atoms with Crippen LogP contribution >= 0.6 is 0 Å². The summed E-state index contributed by atoms with van der Waals surface area (Å²) in [4.78, 5) is 14.5. The molecule has 0 spiro atoms. The number of rotatable bonds is 4. The number of carboxylic acid groups (broad SMARTS) is 1. The van der Waals surface area contributed by atoms with Gasteiger partial charge in [0.15, 0.2) is 0 Å². The van der Waals surface area contributed by atoms with Crippen LogP contribution < -0.4 is 4.74 Å². The quantitative estimate of drug-likeness (QED) is 0.827. The average molecular weight is 239 g/mol. The van der Waals surface area contributed by atoms with Crippen molar-refractivity contribution in [3.63, 3.8) is 0 Å². The van der Waals surface area contributed by atoms with Crippen molar-refractivity contribution in [2.45, 2.75) is 6.10 Å². The second kappa shape index (κ2) is 5.60. The molecule has 0 amide bonds. The second-order valence-corrected chi connectivity index (χ2v) is 3.57. The monoisotopic (exact) mass is 239 g/mol. The topological polar surface area (TPSA) is 77.9 Å². The van der Waals surface area contributed by atoms with Gasteiger partial charge in [-0.25, -0.2) is 9.78 Å². The lowest BCUT2D eigenvalue weighted by Gasteiger charge is -2.22. The zero-order valence-corrected chi connectivity index (χ0v) is 9.17. The minimum atomic E-state index is -1.01. The highest BCUT2D eigenvalue weighted by Gasteiger charge is 2.15. The smallest absolute Gasteiger partial charge is 0.337 e. The Morgan fingerprint density at radius 3 is 3.00 bits per heavy atom. The molecule has 1 fully saturated rings. The van der Waals surface area contributed by atoms with E-state index in [4.69, 9.17) is 19.3 Å². The summed E-state index contributed by atoms with van der Waals surface area (Å²) in [6, 6.07) is 2.97. The molecule has 2 rings (SSSR count). The molecule has 6 nitrogen and oxygen atoms in total. The molecule has 1 atom stereocenters. The molecule has 6 heteroatoms. The number of nitrogens with zero attached hydrogens (tertiary/aromatic N) is 1. The number of hydrogen-bond donors (Lipinski definition) is 1. The lowest BCUT2D eigenvalue weighted by molar-refractivity contribution is -0.102. The van der Waals surface area contributed by atoms with E-state index in [0.29, 0.717) is 32.3 Å². The molecule has 92 valence electrons. The number of carbonyl (C=O) groups is 1. The Kier molecular flexibility index (Phi) is 3.89. The molecular formula is C11H13NO5. The molecule has 1 aliphatic heterocycles. The fraction of sp³-hybridized carbons (Fsp3) is 0.455. The van der Waals surface area contributed by atoms with Crippen molar-refractivity contribution in [3.8, 4) is 5.88 Å². The first-order valence-corrected chi connectivity index (χ1v) is 5.27. The van der Waals surface area contributed by atoms with Gasteiger partial charge in [0.2, 0.25) is 5.88 Å². The predicted octanol–water partition coefficient (Wildman–Crippen LogP) is 0.574. The predicted molar refractivity (Wildman–Crippen MR) is 57.3 cm³/mol. The van der Waals surface area contributed by atoms with Crippen molar-refractivity contribution in [2.24, 2.45) is 0 Å². The van der Waals surface area contributed by atoms with Crippen molar-refractivity contribution >= 4 is 5.97 Å². The van der Waals surface area contributed by atoms with Gasteiger partial charge in [0.05, 0.1) is 25.4 Å². The van der Waals surface area contributed by atoms with Gasteiger partial charge in [-0.3, -0.25) is 0 Å². The molecule has 1 aromatic heterocycles. The van der Waals surface area contributed by atoms with Crippen molar-refractivity contribution in [3.05, 3.63) is 23.9 Å². The number of carboxylic acids is 1. The van der Waals surface area contributed by atoms with E-state index in [2.05, 4.69) is 4.98 Å². The summed E-state index contributed by atoms with van der Waals surface area (Å²) in [5.41, 5.74) is 0.134. The van der Waals surface area contributed by atoms with E-state index in [-0.39, 0.29) is 11.7 Å². The first-order valence-electron chi connectivity index (χ1n) is 5.27. The van der Waals surface area contributed by atoms with Gasteiger partial charge in [0, 0.05) is 12.3 Å². The lowest BCUT2D eigenvalue weighted by Crippen LogP contribution is -2.33. The molecule has 17 heavy (non-hydrogen) atoms. The molecule has 0 bridgehead atoms. The van der Waals surface area contributed by atoms with E-state index < -0.39 is 5.97 Å². The number of ether oxygens (including phenoxy) is 3. The third-order valence-electron chi connectivity index (χ3n) is 2.29. The van der Waals surface area contributed by atoms with Crippen LogP contribution in [0.5, 0.6) is 5.88 Å². The first-order chi connectivity index (χ1) is 8.25. The summed E-state index contributed by atoms with van der Waals surface area (Å²) in [6.45, 7) is 2.04. The summed E-state index contributed by atoms with van der Waals surface area (Å²) in [5.74, 6) is -0.628. The van der Waals surface area contributed by atoms with E-state index in [9.17, 15) is 4.79 Å². The molecular weight excluding hydrogens is 226 g/mol. The molecule has 1 aromatic rings. The van der Waals surface area contributed by atoms with Gasteiger partial charge in [0.25, 0.3) is 0 Å². The Morgan fingerprint density at radius 1 is 1.53 bits per heavy atom. The summed E-state index contributed by atoms with van der Waals surface area (Å²) < 4.78 is 16.0. The first kappa shape index (κ1) is 11.8. The van der Waals surface area contributed by atoms with Crippen LogP contribution in [0.4, 0.5) is 0 Å². The second-order valence-electron chi connectivity index (χ2n) is 3.57. The van der Waals surface area contributed by atoms with Gasteiger partial charge in [-0.05, 0) is 6.07 Å². The van der Waals surface area contributed by atoms with E-state index >= 15 is 0 Å². The molecule has 1 unspecified atom stereocenters. The van der Waals surface area contributed by atoms with E-state index in [1.807, 2.05) is 0 Å². The average Bonchev–Trinajstić information content (AvgIpc) is 2.38. The molecule has 2 heterocycles. The van der Waals surface area contributed by atoms with Crippen LogP contribution in [0.15, 0.2) is 18.3 Å². The summed E-state index contributed by atoms with van der Waals surface area (Å²) in [6.07, 6.45) is 1.17. The maximum Gasteiger partial charge on any atom is 0.337 e. The number of aromatic carboxylic acids is 1. The van der Waals surface area contributed by atoms with Gasteiger partial charge in [-0.15, -0.1) is 0 Å². The molecule has 0 aliphatic carbocycles. The van der Waals surface area contributed by atoms with Crippen LogP contribution in [0.3, 0.4) is 0 Å². The summed E-state index contributed by atoms with van der Waals surface area (Å²) >= 11 is 0. The Balaban J connectivity index is 1.84. The zero-order valence-electron chi connectivity index (χ0n) is 9.17. The minimum absolute atomic E-state index is 0.0929. The Bertz CT molecular complexity index is 372. The highest BCUT2D eigenvalue weighted by Crippen LogP contribution is 2.09. The van der Waals surface area contributed by atoms with Crippen LogP contribution in [-0.2, 0) is 9.47 Å². The van der Waals surface area contributed by atoms with Crippen LogP contribution in [0.2, 0.25) is 0 Å². The standard InChI is InChI=1S/C11H13NO5/c13-11(14)8-1-2-10(12-5-8)17-7-9-6-15-3-4-16-9/h1-2,5,9H,3-4,6-7H2,(H,13,14). The van der Waals surface area contributed by atoms with Crippen LogP contribution in [0.25, 0.3) is 0 Å². The Hall–Kier alpha value is -1.66. The van der Waals surface area contributed by atoms with Gasteiger partial charge < -0.3 is 19.3 Å². The maximum absolute atomic E-state index is 10.6. The maximum atomic E-state index is 10.6. The Morgan fingerprint density at radius 2 is 2.41 bits per heavy atom. The summed E-state index contributed by atoms with van der Waals surface area (Å²) in [7, 11) is 0. The molecule has 0 saturated carbocycles. The normalized spacial score (nSPS) is 19.9. The highest BCUT2D eigenvalue weighted by atomic mass is 16.6. The third-order valence-corrected chi connectivity index (χ3v) is 2.29. The molecule has 0 radical (unpaired) electrons. The lowest BCUT2D eigenvalue weighted by atomic mass is 10.3. The summed E-state index contributed by atoms with van der Waals surface area (Å²) in [5, 5.41) is 8.69. The Labute approximate surface area is 98.1 Å². The van der Waals surface area contributed by atoms with E-state index in [1.165, 1.54) is 18.3 Å². The minimum Gasteiger partial charge on any atom is -0.478 e. The van der Waals surface area contributed by atoms with Gasteiger partial charge >= 0.3 is 5.97 Å². The number of pyridine rings is 1. The van der Waals surface area contributed by atoms with Gasteiger partial charge in [-0.2, -0.15) is 0 Å². The zero-order chi connectivity index (χ0) is 12.1. The molecule has 1 aliphatic rings. The van der Waals surface area contributed by atoms with Crippen LogP contribution in [0.1, 0.15) is 10.4 Å². The fourth-order valence-corrected chi connectivity index (χ4v) is 1.40. The molecule has 1 saturated heterocycles. The van der Waals surface area contributed by atoms with Crippen molar-refractivity contribution in [1.29, 1.82) is 0 Å². The van der Waals surface area contributed by atoms with Gasteiger partial charge in [0.1, 0.15) is 12.7 Å². The van der Waals surface area contributed by atoms with E-state index in [0.717, 1.165) is 0 Å². The van der Waals surface area contributed by atoms with Crippen molar-refractivity contribution in [1.82, 2.24) is 4.98 Å². The SMILES string of the molecule is O=C(O)c1ccc(OCC2COCCO2)nc1. The van der Waals surface area contributed by atoms with Crippen LogP contribution in [-0.4, -0.2) is 48.6 Å². The van der Waals surface area contributed by atoms with Crippen LogP contribution in [0, 0.1) is 0 Å². The van der Waals surface area contributed by atoms with E-state index in [1.54, 1.807) is 0 Å². The highest BCUT2D eigenvalue weighted by molar-refractivity contribution is 5.87. The van der Waals surface area contributed by atoms with Crippen molar-refractivity contribution < 1.29 is 24.1 Å². The number of aromatic nitrogens is 1. The molecule has 0 aromatic carbocycles. The fourth-order valence-electron chi connectivity index (χ4n) is 1.40. The number of hydrogen-bond acceptors (Lipinski definition) is 5. The third kappa shape index (κ3) is 3.40.